The van der Waals surface area contributed by atoms with Crippen LogP contribution in [0, 0.1) is 12.8 Å². The number of pyridine rings is 1. The Morgan fingerprint density at radius 2 is 2.32 bits per heavy atom. The minimum atomic E-state index is -3.47. The van der Waals surface area contributed by atoms with Crippen molar-refractivity contribution in [2.24, 2.45) is 5.92 Å². The molecular weight excluding hydrogens is 286 g/mol. The van der Waals surface area contributed by atoms with Crippen LogP contribution in [0.1, 0.15) is 18.4 Å². The average Bonchev–Trinajstić information content (AvgIpc) is 2.38. The molecule has 0 aliphatic carbocycles. The second-order valence-corrected chi connectivity index (χ2v) is 6.45. The van der Waals surface area contributed by atoms with Gasteiger partial charge in [0, 0.05) is 12.7 Å². The summed E-state index contributed by atoms with van der Waals surface area (Å²) in [5, 5.41) is 3.37. The molecule has 1 atom stereocenters. The molecule has 7 heteroatoms. The summed E-state index contributed by atoms with van der Waals surface area (Å²) in [7, 11) is -3.47. The summed E-state index contributed by atoms with van der Waals surface area (Å²) in [4.78, 5) is 3.91. The largest absolute Gasteiger partial charge is 0.316 e. The van der Waals surface area contributed by atoms with E-state index in [2.05, 4.69) is 15.0 Å². The molecule has 1 aromatic heterocycles. The Morgan fingerprint density at radius 3 is 2.95 bits per heavy atom. The van der Waals surface area contributed by atoms with Gasteiger partial charge in [0.1, 0.15) is 0 Å². The third-order valence-electron chi connectivity index (χ3n) is 3.13. The summed E-state index contributed by atoms with van der Waals surface area (Å²) in [5.41, 5.74) is 0.893. The van der Waals surface area contributed by atoms with Crippen LogP contribution in [0.25, 0.3) is 0 Å². The van der Waals surface area contributed by atoms with Crippen LogP contribution in [-0.2, 0) is 10.0 Å². The second-order valence-electron chi connectivity index (χ2n) is 4.74. The number of nitrogens with one attached hydrogen (secondary N) is 2. The van der Waals surface area contributed by atoms with Crippen LogP contribution in [0.2, 0.25) is 0 Å². The zero-order chi connectivity index (χ0) is 13.0. The first-order chi connectivity index (χ1) is 8.58. The molecule has 0 aromatic carbocycles. The molecule has 0 bridgehead atoms. The van der Waals surface area contributed by atoms with Crippen molar-refractivity contribution in [1.82, 2.24) is 15.0 Å². The van der Waals surface area contributed by atoms with Crippen LogP contribution in [0.5, 0.6) is 0 Å². The third-order valence-corrected chi connectivity index (χ3v) is 4.45. The van der Waals surface area contributed by atoms with E-state index in [-0.39, 0.29) is 17.4 Å². The second kappa shape index (κ2) is 7.19. The highest BCUT2D eigenvalue weighted by Crippen LogP contribution is 2.11. The van der Waals surface area contributed by atoms with Crippen molar-refractivity contribution in [3.05, 3.63) is 23.9 Å². The highest BCUT2D eigenvalue weighted by molar-refractivity contribution is 7.89. The lowest BCUT2D eigenvalue weighted by molar-refractivity contribution is 0.375. The van der Waals surface area contributed by atoms with Crippen LogP contribution in [0.3, 0.4) is 0 Å². The van der Waals surface area contributed by atoms with E-state index < -0.39 is 10.0 Å². The Kier molecular flexibility index (Phi) is 6.19. The van der Waals surface area contributed by atoms with Gasteiger partial charge in [-0.15, -0.1) is 12.4 Å². The maximum Gasteiger partial charge on any atom is 0.258 e. The highest BCUT2D eigenvalue weighted by atomic mass is 35.5. The molecule has 1 aliphatic heterocycles. The van der Waals surface area contributed by atoms with Gasteiger partial charge in [-0.3, -0.25) is 0 Å². The Morgan fingerprint density at radius 1 is 1.53 bits per heavy atom. The number of sulfonamides is 1. The third kappa shape index (κ3) is 4.72. The van der Waals surface area contributed by atoms with E-state index in [0.717, 1.165) is 31.5 Å². The first-order valence-electron chi connectivity index (χ1n) is 6.21. The topological polar surface area (TPSA) is 71.1 Å². The van der Waals surface area contributed by atoms with Crippen LogP contribution in [0.4, 0.5) is 0 Å². The number of nitrogens with zero attached hydrogens (tertiary/aromatic N) is 1. The predicted molar refractivity (Wildman–Crippen MR) is 77.0 cm³/mol. The number of hydrogen-bond donors (Lipinski definition) is 2. The monoisotopic (exact) mass is 305 g/mol. The van der Waals surface area contributed by atoms with Crippen molar-refractivity contribution in [3.63, 3.8) is 0 Å². The van der Waals surface area contributed by atoms with Crippen molar-refractivity contribution < 1.29 is 8.42 Å². The fraction of sp³-hybridized carbons (Fsp3) is 0.583. The predicted octanol–water partition coefficient (Wildman–Crippen LogP) is 1.09. The summed E-state index contributed by atoms with van der Waals surface area (Å²) in [5.74, 6) is 0.373. The van der Waals surface area contributed by atoms with Gasteiger partial charge in [-0.25, -0.2) is 18.1 Å². The number of halogens is 1. The number of hydrogen-bond acceptors (Lipinski definition) is 4. The van der Waals surface area contributed by atoms with E-state index in [9.17, 15) is 8.42 Å². The van der Waals surface area contributed by atoms with E-state index in [1.54, 1.807) is 12.1 Å². The summed E-state index contributed by atoms with van der Waals surface area (Å²) >= 11 is 0. The standard InChI is InChI=1S/C12H19N3O2S.ClH/c1-10-4-6-14-12(7-10)18(16,17)15-9-11-3-2-5-13-8-11;/h4,6-7,11,13,15H,2-3,5,8-9H2,1H3;1H. The average molecular weight is 306 g/mol. The van der Waals surface area contributed by atoms with Gasteiger partial charge in [0.15, 0.2) is 5.03 Å². The number of aryl methyl sites for hydroxylation is 1. The zero-order valence-corrected chi connectivity index (χ0v) is 12.6. The molecule has 2 rings (SSSR count). The van der Waals surface area contributed by atoms with E-state index in [1.165, 1.54) is 6.20 Å². The minimum absolute atomic E-state index is 0. The molecule has 0 spiro atoms. The molecule has 5 nitrogen and oxygen atoms in total. The Labute approximate surface area is 120 Å². The molecule has 1 fully saturated rings. The fourth-order valence-corrected chi connectivity index (χ4v) is 3.20. The number of piperidine rings is 1. The maximum atomic E-state index is 12.0. The van der Waals surface area contributed by atoms with Gasteiger partial charge in [0.05, 0.1) is 0 Å². The van der Waals surface area contributed by atoms with Gasteiger partial charge in [0.25, 0.3) is 10.0 Å². The molecule has 2 heterocycles. The van der Waals surface area contributed by atoms with E-state index >= 15 is 0 Å². The summed E-state index contributed by atoms with van der Waals surface area (Å²) < 4.78 is 26.7. The van der Waals surface area contributed by atoms with Gasteiger partial charge in [0.2, 0.25) is 0 Å². The first-order valence-corrected chi connectivity index (χ1v) is 7.69. The SMILES string of the molecule is Cc1ccnc(S(=O)(=O)NCC2CCCNC2)c1.Cl. The van der Waals surface area contributed by atoms with E-state index in [4.69, 9.17) is 0 Å². The lowest BCUT2D eigenvalue weighted by Crippen LogP contribution is -2.38. The zero-order valence-electron chi connectivity index (χ0n) is 10.9. The Balaban J connectivity index is 0.00000180. The molecule has 1 aliphatic rings. The highest BCUT2D eigenvalue weighted by Gasteiger charge is 2.19. The Hall–Kier alpha value is -0.690. The van der Waals surface area contributed by atoms with Crippen molar-refractivity contribution in [1.29, 1.82) is 0 Å². The van der Waals surface area contributed by atoms with Crippen LogP contribution >= 0.6 is 12.4 Å². The van der Waals surface area contributed by atoms with Crippen LogP contribution < -0.4 is 10.0 Å². The quantitative estimate of drug-likeness (QED) is 0.873. The summed E-state index contributed by atoms with van der Waals surface area (Å²) in [6, 6.07) is 3.37. The van der Waals surface area contributed by atoms with Gasteiger partial charge < -0.3 is 5.32 Å². The van der Waals surface area contributed by atoms with Gasteiger partial charge in [-0.2, -0.15) is 0 Å². The molecular formula is C12H20ClN3O2S. The van der Waals surface area contributed by atoms with Gasteiger partial charge >= 0.3 is 0 Å². The molecule has 19 heavy (non-hydrogen) atoms. The summed E-state index contributed by atoms with van der Waals surface area (Å²) in [6.45, 7) is 4.24. The summed E-state index contributed by atoms with van der Waals surface area (Å²) in [6.07, 6.45) is 3.69. The smallest absolute Gasteiger partial charge is 0.258 e. The molecule has 0 saturated carbocycles. The molecule has 108 valence electrons. The van der Waals surface area contributed by atoms with E-state index in [1.807, 2.05) is 6.92 Å². The normalized spacial score (nSPS) is 19.7. The van der Waals surface area contributed by atoms with Crippen molar-refractivity contribution >= 4 is 22.4 Å². The van der Waals surface area contributed by atoms with Crippen LogP contribution in [0.15, 0.2) is 23.4 Å². The number of aromatic nitrogens is 1. The molecule has 1 unspecified atom stereocenters. The number of rotatable bonds is 4. The lowest BCUT2D eigenvalue weighted by atomic mass is 10.0. The first kappa shape index (κ1) is 16.4. The van der Waals surface area contributed by atoms with Crippen molar-refractivity contribution in [3.8, 4) is 0 Å². The molecule has 0 amide bonds. The maximum absolute atomic E-state index is 12.0. The van der Waals surface area contributed by atoms with Gasteiger partial charge in [-0.05, 0) is 56.5 Å². The molecule has 0 radical (unpaired) electrons. The molecule has 2 N–H and O–H groups in total. The van der Waals surface area contributed by atoms with Crippen LogP contribution in [-0.4, -0.2) is 33.0 Å². The van der Waals surface area contributed by atoms with Crippen molar-refractivity contribution in [2.45, 2.75) is 24.8 Å². The Bertz CT molecular complexity index is 501. The van der Waals surface area contributed by atoms with E-state index in [0.29, 0.717) is 12.5 Å². The molecule has 1 saturated heterocycles. The minimum Gasteiger partial charge on any atom is -0.316 e. The fourth-order valence-electron chi connectivity index (χ4n) is 2.06. The molecule has 1 aromatic rings. The van der Waals surface area contributed by atoms with Crippen molar-refractivity contribution in [2.75, 3.05) is 19.6 Å². The van der Waals surface area contributed by atoms with Gasteiger partial charge in [-0.1, -0.05) is 0 Å². The lowest BCUT2D eigenvalue weighted by Gasteiger charge is -2.22.